The minimum absolute atomic E-state index is 0.0407. The molecule has 1 atom stereocenters. The zero-order valence-corrected chi connectivity index (χ0v) is 17.1. The summed E-state index contributed by atoms with van der Waals surface area (Å²) in [6.07, 6.45) is 9.78. The number of amides is 1. The Labute approximate surface area is 173 Å². The number of hydrogen-bond acceptors (Lipinski definition) is 4. The van der Waals surface area contributed by atoms with Gasteiger partial charge in [0.2, 0.25) is 0 Å². The van der Waals surface area contributed by atoms with Crippen LogP contribution in [0.15, 0.2) is 48.7 Å². The molecular weight excluding hydrogens is 362 g/mol. The van der Waals surface area contributed by atoms with E-state index < -0.39 is 0 Å². The fourth-order valence-corrected chi connectivity index (χ4v) is 4.49. The van der Waals surface area contributed by atoms with Gasteiger partial charge >= 0.3 is 6.09 Å². The Morgan fingerprint density at radius 3 is 2.48 bits per heavy atom. The van der Waals surface area contributed by atoms with E-state index in [0.717, 1.165) is 50.3 Å². The molecule has 4 rings (SSSR count). The lowest BCUT2D eigenvalue weighted by molar-refractivity contribution is 0.0679. The molecule has 0 N–H and O–H groups in total. The van der Waals surface area contributed by atoms with Crippen LogP contribution < -0.4 is 4.90 Å². The topological polar surface area (TPSA) is 45.7 Å². The number of rotatable bonds is 4. The normalized spacial score (nSPS) is 20.2. The Kier molecular flexibility index (Phi) is 6.65. The van der Waals surface area contributed by atoms with E-state index in [2.05, 4.69) is 11.0 Å². The number of carbonyl (C=O) groups is 1. The van der Waals surface area contributed by atoms with Gasteiger partial charge in [0.05, 0.1) is 6.04 Å². The summed E-state index contributed by atoms with van der Waals surface area (Å²) in [5.74, 6) is 1.06. The summed E-state index contributed by atoms with van der Waals surface area (Å²) in [6, 6.07) is 14.1. The Bertz CT molecular complexity index is 788. The first-order valence-electron chi connectivity index (χ1n) is 11.0. The smallest absolute Gasteiger partial charge is 0.410 e. The van der Waals surface area contributed by atoms with Crippen LogP contribution in [-0.2, 0) is 11.3 Å². The summed E-state index contributed by atoms with van der Waals surface area (Å²) >= 11 is 0. The van der Waals surface area contributed by atoms with Crippen molar-refractivity contribution in [1.29, 1.82) is 0 Å². The van der Waals surface area contributed by atoms with Crippen molar-refractivity contribution < 1.29 is 9.53 Å². The van der Waals surface area contributed by atoms with Crippen molar-refractivity contribution in [2.45, 2.75) is 57.6 Å². The first-order valence-corrected chi connectivity index (χ1v) is 11.0. The molecule has 2 aliphatic rings. The van der Waals surface area contributed by atoms with Gasteiger partial charge in [-0.1, -0.05) is 49.2 Å². The molecule has 2 aliphatic heterocycles. The number of aromatic nitrogens is 1. The highest BCUT2D eigenvalue weighted by atomic mass is 16.6. The summed E-state index contributed by atoms with van der Waals surface area (Å²) in [5.41, 5.74) is 2.19. The molecule has 29 heavy (non-hydrogen) atoms. The third kappa shape index (κ3) is 4.89. The van der Waals surface area contributed by atoms with Gasteiger partial charge in [0.1, 0.15) is 12.4 Å². The van der Waals surface area contributed by atoms with Gasteiger partial charge in [-0.05, 0) is 43.7 Å². The lowest BCUT2D eigenvalue weighted by Crippen LogP contribution is -2.40. The monoisotopic (exact) mass is 393 g/mol. The lowest BCUT2D eigenvalue weighted by atomic mass is 9.95. The standard InChI is InChI=1S/C24H31N3O2/c28-24(29-19-20-11-4-3-5-12-20)27-18-9-6-14-22(27)21-13-10-15-25-23(21)26-16-7-1-2-8-17-26/h3-5,10-13,15,22H,1-2,6-9,14,16-19H2. The van der Waals surface area contributed by atoms with Crippen LogP contribution in [0.1, 0.15) is 62.1 Å². The molecule has 3 heterocycles. The maximum atomic E-state index is 13.0. The minimum atomic E-state index is -0.218. The fraction of sp³-hybridized carbons (Fsp3) is 0.500. The largest absolute Gasteiger partial charge is 0.445 e. The molecule has 0 spiro atoms. The molecule has 1 amide bonds. The molecule has 0 radical (unpaired) electrons. The van der Waals surface area contributed by atoms with E-state index in [9.17, 15) is 4.79 Å². The molecule has 5 heteroatoms. The first-order chi connectivity index (χ1) is 14.3. The molecule has 0 bridgehead atoms. The average molecular weight is 394 g/mol. The van der Waals surface area contributed by atoms with Crippen molar-refractivity contribution in [3.8, 4) is 0 Å². The Balaban J connectivity index is 1.52. The Morgan fingerprint density at radius 1 is 0.931 bits per heavy atom. The van der Waals surface area contributed by atoms with Gasteiger partial charge in [-0.15, -0.1) is 0 Å². The van der Waals surface area contributed by atoms with Gasteiger partial charge in [-0.3, -0.25) is 0 Å². The SMILES string of the molecule is O=C(OCc1ccccc1)N1CCCCC1c1cccnc1N1CCCCCC1. The highest BCUT2D eigenvalue weighted by molar-refractivity contribution is 5.69. The minimum Gasteiger partial charge on any atom is -0.445 e. The number of carbonyl (C=O) groups excluding carboxylic acids is 1. The number of benzene rings is 1. The van der Waals surface area contributed by atoms with E-state index in [-0.39, 0.29) is 12.1 Å². The number of hydrogen-bond donors (Lipinski definition) is 0. The number of anilines is 1. The van der Waals surface area contributed by atoms with Crippen molar-refractivity contribution in [3.63, 3.8) is 0 Å². The molecule has 2 aromatic rings. The van der Waals surface area contributed by atoms with Crippen LogP contribution in [0.4, 0.5) is 10.6 Å². The second-order valence-electron chi connectivity index (χ2n) is 8.06. The number of likely N-dealkylation sites (tertiary alicyclic amines) is 1. The van der Waals surface area contributed by atoms with E-state index in [1.54, 1.807) is 0 Å². The molecule has 2 fully saturated rings. The van der Waals surface area contributed by atoms with Crippen molar-refractivity contribution >= 4 is 11.9 Å². The zero-order valence-electron chi connectivity index (χ0n) is 17.1. The van der Waals surface area contributed by atoms with Crippen LogP contribution in [-0.4, -0.2) is 35.6 Å². The highest BCUT2D eigenvalue weighted by Crippen LogP contribution is 2.36. The maximum Gasteiger partial charge on any atom is 0.410 e. The van der Waals surface area contributed by atoms with E-state index in [0.29, 0.717) is 6.61 Å². The molecule has 5 nitrogen and oxygen atoms in total. The number of pyridine rings is 1. The van der Waals surface area contributed by atoms with Gasteiger partial charge in [-0.2, -0.15) is 0 Å². The summed E-state index contributed by atoms with van der Waals surface area (Å²) in [5, 5.41) is 0. The zero-order chi connectivity index (χ0) is 19.9. The Morgan fingerprint density at radius 2 is 1.69 bits per heavy atom. The van der Waals surface area contributed by atoms with Crippen LogP contribution in [0.2, 0.25) is 0 Å². The number of ether oxygens (including phenoxy) is 1. The van der Waals surface area contributed by atoms with Crippen molar-refractivity contribution in [1.82, 2.24) is 9.88 Å². The third-order valence-corrected chi connectivity index (χ3v) is 6.02. The molecule has 1 aromatic carbocycles. The molecule has 0 aliphatic carbocycles. The third-order valence-electron chi connectivity index (χ3n) is 6.02. The Hall–Kier alpha value is -2.56. The van der Waals surface area contributed by atoms with E-state index >= 15 is 0 Å². The van der Waals surface area contributed by atoms with Crippen molar-refractivity contribution in [2.75, 3.05) is 24.5 Å². The molecule has 1 unspecified atom stereocenters. The van der Waals surface area contributed by atoms with Gasteiger partial charge in [-0.25, -0.2) is 9.78 Å². The van der Waals surface area contributed by atoms with Crippen LogP contribution >= 0.6 is 0 Å². The number of piperidine rings is 1. The second-order valence-corrected chi connectivity index (χ2v) is 8.06. The molecule has 0 saturated carbocycles. The molecule has 154 valence electrons. The molecule has 1 aromatic heterocycles. The fourth-order valence-electron chi connectivity index (χ4n) is 4.49. The predicted octanol–water partition coefficient (Wildman–Crippen LogP) is 5.33. The summed E-state index contributed by atoms with van der Waals surface area (Å²) < 4.78 is 5.68. The predicted molar refractivity (Wildman–Crippen MR) is 115 cm³/mol. The summed E-state index contributed by atoms with van der Waals surface area (Å²) in [6.45, 7) is 3.16. The summed E-state index contributed by atoms with van der Waals surface area (Å²) in [7, 11) is 0. The van der Waals surface area contributed by atoms with Crippen LogP contribution in [0.3, 0.4) is 0 Å². The second kappa shape index (κ2) is 9.77. The van der Waals surface area contributed by atoms with Crippen molar-refractivity contribution in [3.05, 3.63) is 59.8 Å². The summed E-state index contributed by atoms with van der Waals surface area (Å²) in [4.78, 5) is 22.1. The first kappa shape index (κ1) is 19.7. The maximum absolute atomic E-state index is 13.0. The average Bonchev–Trinajstić information content (AvgIpc) is 3.08. The van der Waals surface area contributed by atoms with Crippen molar-refractivity contribution in [2.24, 2.45) is 0 Å². The molecular formula is C24H31N3O2. The van der Waals surface area contributed by atoms with Gasteiger partial charge in [0.25, 0.3) is 0 Å². The highest BCUT2D eigenvalue weighted by Gasteiger charge is 2.32. The van der Waals surface area contributed by atoms with Gasteiger partial charge in [0, 0.05) is 31.4 Å². The van der Waals surface area contributed by atoms with E-state index in [1.807, 2.05) is 47.5 Å². The lowest BCUT2D eigenvalue weighted by Gasteiger charge is -2.37. The van der Waals surface area contributed by atoms with Gasteiger partial charge in [0.15, 0.2) is 0 Å². The van der Waals surface area contributed by atoms with Gasteiger partial charge < -0.3 is 14.5 Å². The quantitative estimate of drug-likeness (QED) is 0.705. The van der Waals surface area contributed by atoms with Crippen LogP contribution in [0.25, 0.3) is 0 Å². The molecule has 2 saturated heterocycles. The van der Waals surface area contributed by atoms with E-state index in [4.69, 9.17) is 9.72 Å². The van der Waals surface area contributed by atoms with Crippen LogP contribution in [0, 0.1) is 0 Å². The number of nitrogens with zero attached hydrogens (tertiary/aromatic N) is 3. The van der Waals surface area contributed by atoms with Crippen LogP contribution in [0.5, 0.6) is 0 Å². The van der Waals surface area contributed by atoms with E-state index in [1.165, 1.54) is 31.2 Å².